The molecule has 0 saturated carbocycles. The highest BCUT2D eigenvalue weighted by Crippen LogP contribution is 2.17. The first-order chi connectivity index (χ1) is 6.77. The lowest BCUT2D eigenvalue weighted by molar-refractivity contribution is 0.275. The fraction of sp³-hybridized carbons (Fsp3) is 0.273. The van der Waals surface area contributed by atoms with Gasteiger partial charge in [0.05, 0.1) is 13.2 Å². The minimum absolute atomic E-state index is 0.0396. The summed E-state index contributed by atoms with van der Waals surface area (Å²) in [4.78, 5) is 0. The molecule has 14 heavy (non-hydrogen) atoms. The molecule has 0 unspecified atom stereocenters. The average Bonchev–Trinajstić information content (AvgIpc) is 2.21. The van der Waals surface area contributed by atoms with Gasteiger partial charge in [0, 0.05) is 17.5 Å². The lowest BCUT2D eigenvalue weighted by Crippen LogP contribution is -1.86. The molecule has 0 heterocycles. The molecule has 3 N–H and O–H groups in total. The third kappa shape index (κ3) is 2.77. The van der Waals surface area contributed by atoms with Crippen LogP contribution in [0, 0.1) is 11.8 Å². The maximum atomic E-state index is 9.26. The SMILES string of the molecule is OCCC#Cc1ccc(O)c(CO)c1. The number of benzene rings is 1. The molecule has 0 aromatic heterocycles. The molecule has 0 atom stereocenters. The number of hydrogen-bond donors (Lipinski definition) is 3. The Kier molecular flexibility index (Phi) is 3.99. The van der Waals surface area contributed by atoms with Gasteiger partial charge in [-0.25, -0.2) is 0 Å². The quantitative estimate of drug-likeness (QED) is 0.602. The van der Waals surface area contributed by atoms with Crippen molar-refractivity contribution in [1.82, 2.24) is 0 Å². The van der Waals surface area contributed by atoms with Crippen molar-refractivity contribution in [2.75, 3.05) is 6.61 Å². The zero-order chi connectivity index (χ0) is 10.4. The number of rotatable bonds is 2. The van der Waals surface area contributed by atoms with Crippen LogP contribution in [0.15, 0.2) is 18.2 Å². The Bertz CT molecular complexity index is 361. The summed E-state index contributed by atoms with van der Waals surface area (Å²) in [5.74, 6) is 5.64. The predicted octanol–water partition coefficient (Wildman–Crippen LogP) is 0.618. The van der Waals surface area contributed by atoms with E-state index < -0.39 is 0 Å². The van der Waals surface area contributed by atoms with E-state index in [0.29, 0.717) is 12.0 Å². The van der Waals surface area contributed by atoms with Crippen LogP contribution in [0.4, 0.5) is 0 Å². The van der Waals surface area contributed by atoms with Crippen LogP contribution >= 0.6 is 0 Å². The monoisotopic (exact) mass is 192 g/mol. The van der Waals surface area contributed by atoms with Crippen LogP contribution < -0.4 is 0 Å². The summed E-state index contributed by atoms with van der Waals surface area (Å²) in [5, 5.41) is 26.6. The molecule has 0 fully saturated rings. The fourth-order valence-corrected chi connectivity index (χ4v) is 1.01. The normalized spacial score (nSPS) is 9.29. The van der Waals surface area contributed by atoms with Gasteiger partial charge in [-0.15, -0.1) is 0 Å². The fourth-order valence-electron chi connectivity index (χ4n) is 1.01. The predicted molar refractivity (Wildman–Crippen MR) is 52.6 cm³/mol. The number of aromatic hydroxyl groups is 1. The van der Waals surface area contributed by atoms with Gasteiger partial charge in [-0.3, -0.25) is 0 Å². The van der Waals surface area contributed by atoms with Crippen molar-refractivity contribution in [3.05, 3.63) is 29.3 Å². The largest absolute Gasteiger partial charge is 0.508 e. The van der Waals surface area contributed by atoms with Gasteiger partial charge in [-0.2, -0.15) is 0 Å². The van der Waals surface area contributed by atoms with Crippen LogP contribution in [0.2, 0.25) is 0 Å². The first-order valence-electron chi connectivity index (χ1n) is 4.30. The van der Waals surface area contributed by atoms with Crippen molar-refractivity contribution >= 4 is 0 Å². The molecule has 0 radical (unpaired) electrons. The smallest absolute Gasteiger partial charge is 0.121 e. The number of phenols is 1. The molecular formula is C11H12O3. The molecule has 1 aromatic carbocycles. The average molecular weight is 192 g/mol. The summed E-state index contributed by atoms with van der Waals surface area (Å²) in [6.07, 6.45) is 0.426. The number of aliphatic hydroxyl groups is 2. The zero-order valence-electron chi connectivity index (χ0n) is 7.70. The Balaban J connectivity index is 2.86. The van der Waals surface area contributed by atoms with Crippen LogP contribution in [0.1, 0.15) is 17.5 Å². The van der Waals surface area contributed by atoms with E-state index in [-0.39, 0.29) is 19.0 Å². The first kappa shape index (κ1) is 10.6. The first-order valence-corrected chi connectivity index (χ1v) is 4.30. The third-order valence-electron chi connectivity index (χ3n) is 1.72. The van der Waals surface area contributed by atoms with E-state index >= 15 is 0 Å². The summed E-state index contributed by atoms with van der Waals surface area (Å²) >= 11 is 0. The zero-order valence-corrected chi connectivity index (χ0v) is 7.70. The van der Waals surface area contributed by atoms with Crippen molar-refractivity contribution < 1.29 is 15.3 Å². The van der Waals surface area contributed by atoms with Gasteiger partial charge in [-0.1, -0.05) is 11.8 Å². The Hall–Kier alpha value is -1.50. The van der Waals surface area contributed by atoms with Crippen LogP contribution in [-0.2, 0) is 6.61 Å². The Morgan fingerprint density at radius 2 is 2.00 bits per heavy atom. The second-order valence-corrected chi connectivity index (χ2v) is 2.78. The minimum atomic E-state index is -0.207. The van der Waals surface area contributed by atoms with Crippen LogP contribution in [0.5, 0.6) is 5.75 Å². The van der Waals surface area contributed by atoms with E-state index in [1.807, 2.05) is 0 Å². The van der Waals surface area contributed by atoms with E-state index in [1.54, 1.807) is 12.1 Å². The van der Waals surface area contributed by atoms with Gasteiger partial charge >= 0.3 is 0 Å². The molecule has 0 aliphatic carbocycles. The van der Waals surface area contributed by atoms with E-state index in [9.17, 15) is 5.11 Å². The highest BCUT2D eigenvalue weighted by Gasteiger charge is 1.99. The number of hydrogen-bond acceptors (Lipinski definition) is 3. The van der Waals surface area contributed by atoms with E-state index in [4.69, 9.17) is 10.2 Å². The molecule has 0 amide bonds. The lowest BCUT2D eigenvalue weighted by Gasteiger charge is -2.00. The molecule has 0 aliphatic rings. The second-order valence-electron chi connectivity index (χ2n) is 2.78. The molecule has 3 heteroatoms. The second kappa shape index (κ2) is 5.28. The molecule has 1 aromatic rings. The summed E-state index contributed by atoms with van der Waals surface area (Å²) in [7, 11) is 0. The van der Waals surface area contributed by atoms with Crippen molar-refractivity contribution in [2.45, 2.75) is 13.0 Å². The van der Waals surface area contributed by atoms with Crippen LogP contribution in [0.25, 0.3) is 0 Å². The van der Waals surface area contributed by atoms with E-state index in [0.717, 1.165) is 5.56 Å². The molecule has 0 aliphatic heterocycles. The van der Waals surface area contributed by atoms with E-state index in [2.05, 4.69) is 11.8 Å². The maximum Gasteiger partial charge on any atom is 0.121 e. The molecule has 74 valence electrons. The maximum absolute atomic E-state index is 9.26. The van der Waals surface area contributed by atoms with Gasteiger partial charge in [0.2, 0.25) is 0 Å². The highest BCUT2D eigenvalue weighted by molar-refractivity contribution is 5.43. The summed E-state index contributed by atoms with van der Waals surface area (Å²) in [6, 6.07) is 4.78. The molecule has 0 saturated heterocycles. The van der Waals surface area contributed by atoms with Crippen molar-refractivity contribution in [3.63, 3.8) is 0 Å². The molecule has 0 bridgehead atoms. The van der Waals surface area contributed by atoms with Crippen LogP contribution in [-0.4, -0.2) is 21.9 Å². The van der Waals surface area contributed by atoms with Gasteiger partial charge in [0.15, 0.2) is 0 Å². The van der Waals surface area contributed by atoms with Crippen molar-refractivity contribution in [2.24, 2.45) is 0 Å². The van der Waals surface area contributed by atoms with Gasteiger partial charge in [0.1, 0.15) is 5.75 Å². The Labute approximate surface area is 82.6 Å². The lowest BCUT2D eigenvalue weighted by atomic mass is 10.1. The van der Waals surface area contributed by atoms with Gasteiger partial charge in [-0.05, 0) is 18.2 Å². The van der Waals surface area contributed by atoms with E-state index in [1.165, 1.54) is 6.07 Å². The molecule has 3 nitrogen and oxygen atoms in total. The topological polar surface area (TPSA) is 60.7 Å². The van der Waals surface area contributed by atoms with Gasteiger partial charge < -0.3 is 15.3 Å². The summed E-state index contributed by atoms with van der Waals surface area (Å²) in [5.41, 5.74) is 1.18. The third-order valence-corrected chi connectivity index (χ3v) is 1.72. The summed E-state index contributed by atoms with van der Waals surface area (Å²) in [6.45, 7) is -0.167. The summed E-state index contributed by atoms with van der Waals surface area (Å²) < 4.78 is 0. The molecule has 0 spiro atoms. The standard InChI is InChI=1S/C11H12O3/c12-6-2-1-3-9-4-5-11(14)10(7-9)8-13/h4-5,7,12-14H,2,6,8H2. The van der Waals surface area contributed by atoms with Crippen molar-refractivity contribution in [1.29, 1.82) is 0 Å². The van der Waals surface area contributed by atoms with Gasteiger partial charge in [0.25, 0.3) is 0 Å². The highest BCUT2D eigenvalue weighted by atomic mass is 16.3. The number of aliphatic hydroxyl groups excluding tert-OH is 2. The Morgan fingerprint density at radius 1 is 1.21 bits per heavy atom. The van der Waals surface area contributed by atoms with Crippen molar-refractivity contribution in [3.8, 4) is 17.6 Å². The molecular weight excluding hydrogens is 180 g/mol. The van der Waals surface area contributed by atoms with Crippen LogP contribution in [0.3, 0.4) is 0 Å². The molecule has 1 rings (SSSR count). The Morgan fingerprint density at radius 3 is 2.64 bits per heavy atom. The minimum Gasteiger partial charge on any atom is -0.508 e.